The maximum Gasteiger partial charge on any atom is 0.273 e. The first kappa shape index (κ1) is 20.5. The van der Waals surface area contributed by atoms with Crippen molar-refractivity contribution in [3.8, 4) is 11.5 Å². The van der Waals surface area contributed by atoms with Crippen LogP contribution in [0.3, 0.4) is 0 Å². The summed E-state index contributed by atoms with van der Waals surface area (Å²) in [7, 11) is 3.03. The highest BCUT2D eigenvalue weighted by Crippen LogP contribution is 2.45. The lowest BCUT2D eigenvalue weighted by Gasteiger charge is -2.18. The average molecular weight is 458 g/mol. The van der Waals surface area contributed by atoms with E-state index in [1.54, 1.807) is 30.3 Å². The molecule has 0 spiro atoms. The molecule has 0 N–H and O–H groups in total. The number of thiophene rings is 1. The summed E-state index contributed by atoms with van der Waals surface area (Å²) in [4.78, 5) is 29.9. The van der Waals surface area contributed by atoms with Crippen molar-refractivity contribution in [3.63, 3.8) is 0 Å². The number of carbonyl (C=O) groups is 2. The van der Waals surface area contributed by atoms with Crippen LogP contribution in [-0.2, 0) is 9.59 Å². The van der Waals surface area contributed by atoms with Gasteiger partial charge in [0, 0.05) is 20.9 Å². The lowest BCUT2D eigenvalue weighted by Crippen LogP contribution is -2.31. The van der Waals surface area contributed by atoms with E-state index in [1.807, 2.05) is 29.6 Å². The smallest absolute Gasteiger partial charge is 0.273 e. The molecule has 152 valence electrons. The lowest BCUT2D eigenvalue weighted by atomic mass is 10.2. The Bertz CT molecular complexity index is 1140. The van der Waals surface area contributed by atoms with Gasteiger partial charge < -0.3 is 9.47 Å². The third-order valence-electron chi connectivity index (χ3n) is 4.47. The zero-order valence-electron chi connectivity index (χ0n) is 16.0. The Labute approximate surface area is 186 Å². The molecule has 4 rings (SSSR count). The number of nitrogens with zero attached hydrogens (tertiary/aromatic N) is 1. The molecule has 3 aromatic rings. The fraction of sp³-hybridized carbons (Fsp3) is 0.0909. The first-order chi connectivity index (χ1) is 14.5. The molecule has 1 aliphatic heterocycles. The molecule has 1 aliphatic rings. The third-order valence-corrected chi connectivity index (χ3v) is 6.70. The summed E-state index contributed by atoms with van der Waals surface area (Å²) in [5.74, 6) is 0.158. The molecule has 0 aliphatic carbocycles. The normalized spacial score (nSPS) is 13.9. The van der Waals surface area contributed by atoms with Crippen molar-refractivity contribution in [2.75, 3.05) is 19.1 Å². The van der Waals surface area contributed by atoms with E-state index < -0.39 is 5.91 Å². The summed E-state index contributed by atoms with van der Waals surface area (Å²) in [5.41, 5.74) is 0.752. The highest BCUT2D eigenvalue weighted by atomic mass is 35.5. The van der Waals surface area contributed by atoms with Crippen molar-refractivity contribution >= 4 is 57.8 Å². The number of rotatable bonds is 6. The van der Waals surface area contributed by atoms with Crippen LogP contribution in [0, 0.1) is 0 Å². The largest absolute Gasteiger partial charge is 0.497 e. The first-order valence-corrected chi connectivity index (χ1v) is 10.9. The lowest BCUT2D eigenvalue weighted by molar-refractivity contribution is -0.119. The van der Waals surface area contributed by atoms with E-state index >= 15 is 0 Å². The molecule has 0 fully saturated rings. The molecule has 2 amide bonds. The highest BCUT2D eigenvalue weighted by Gasteiger charge is 2.42. The van der Waals surface area contributed by atoms with E-state index in [0.29, 0.717) is 32.7 Å². The van der Waals surface area contributed by atoms with Crippen LogP contribution >= 0.6 is 34.7 Å². The molecule has 0 saturated heterocycles. The van der Waals surface area contributed by atoms with Gasteiger partial charge in [0.15, 0.2) is 0 Å². The van der Waals surface area contributed by atoms with Crippen molar-refractivity contribution in [2.24, 2.45) is 0 Å². The number of thioether (sulfide) groups is 1. The molecule has 5 nitrogen and oxygen atoms in total. The molecule has 0 unspecified atom stereocenters. The standard InChI is InChI=1S/C22H16ClNO4S2/c1-27-14-7-10-16(17(12-14)28-2)24-21(25)19(18-4-3-11-29-18)20(22(24)26)30-15-8-5-13(23)6-9-15/h3-12H,1-2H3. The van der Waals surface area contributed by atoms with Gasteiger partial charge in [-0.05, 0) is 47.8 Å². The fourth-order valence-corrected chi connectivity index (χ4v) is 5.00. The fourth-order valence-electron chi connectivity index (χ4n) is 3.05. The number of hydrogen-bond donors (Lipinski definition) is 0. The average Bonchev–Trinajstić information content (AvgIpc) is 3.36. The predicted octanol–water partition coefficient (Wildman–Crippen LogP) is 5.50. The first-order valence-electron chi connectivity index (χ1n) is 8.86. The molecule has 8 heteroatoms. The zero-order chi connectivity index (χ0) is 21.3. The molecular formula is C22H16ClNO4S2. The van der Waals surface area contributed by atoms with Crippen LogP contribution in [0.2, 0.25) is 5.02 Å². The van der Waals surface area contributed by atoms with E-state index in [1.165, 1.54) is 37.3 Å². The van der Waals surface area contributed by atoms with Gasteiger partial charge in [-0.15, -0.1) is 11.3 Å². The van der Waals surface area contributed by atoms with E-state index in [4.69, 9.17) is 21.1 Å². The maximum absolute atomic E-state index is 13.4. The van der Waals surface area contributed by atoms with Crippen molar-refractivity contribution in [2.45, 2.75) is 4.90 Å². The number of imide groups is 1. The minimum atomic E-state index is -0.396. The molecule has 2 aromatic carbocycles. The summed E-state index contributed by atoms with van der Waals surface area (Å²) in [6.45, 7) is 0. The van der Waals surface area contributed by atoms with Gasteiger partial charge in [0.2, 0.25) is 0 Å². The molecular weight excluding hydrogens is 442 g/mol. The van der Waals surface area contributed by atoms with Crippen LogP contribution < -0.4 is 14.4 Å². The van der Waals surface area contributed by atoms with Gasteiger partial charge in [0.25, 0.3) is 11.8 Å². The van der Waals surface area contributed by atoms with E-state index in [2.05, 4.69) is 0 Å². The van der Waals surface area contributed by atoms with Crippen LogP contribution in [-0.4, -0.2) is 26.0 Å². The van der Waals surface area contributed by atoms with Crippen LogP contribution in [0.1, 0.15) is 4.88 Å². The number of hydrogen-bond acceptors (Lipinski definition) is 6. The Morgan fingerprint density at radius 1 is 0.967 bits per heavy atom. The van der Waals surface area contributed by atoms with Gasteiger partial charge in [0.1, 0.15) is 11.5 Å². The van der Waals surface area contributed by atoms with E-state index in [0.717, 1.165) is 14.7 Å². The second-order valence-electron chi connectivity index (χ2n) is 6.22. The molecule has 0 saturated carbocycles. The van der Waals surface area contributed by atoms with Gasteiger partial charge in [-0.3, -0.25) is 9.59 Å². The molecule has 0 bridgehead atoms. The minimum absolute atomic E-state index is 0.364. The minimum Gasteiger partial charge on any atom is -0.497 e. The molecule has 0 radical (unpaired) electrons. The number of ether oxygens (including phenoxy) is 2. The summed E-state index contributed by atoms with van der Waals surface area (Å²) >= 11 is 8.64. The van der Waals surface area contributed by atoms with Gasteiger partial charge >= 0.3 is 0 Å². The van der Waals surface area contributed by atoms with Gasteiger partial charge in [-0.25, -0.2) is 4.90 Å². The number of methoxy groups -OCH3 is 2. The van der Waals surface area contributed by atoms with Gasteiger partial charge in [-0.2, -0.15) is 0 Å². The van der Waals surface area contributed by atoms with Crippen molar-refractivity contribution in [1.29, 1.82) is 0 Å². The molecule has 30 heavy (non-hydrogen) atoms. The van der Waals surface area contributed by atoms with E-state index in [9.17, 15) is 9.59 Å². The quantitative estimate of drug-likeness (QED) is 0.458. The number of halogens is 1. The van der Waals surface area contributed by atoms with Crippen molar-refractivity contribution in [1.82, 2.24) is 0 Å². The van der Waals surface area contributed by atoms with Crippen molar-refractivity contribution < 1.29 is 19.1 Å². The Morgan fingerprint density at radius 3 is 2.37 bits per heavy atom. The summed E-state index contributed by atoms with van der Waals surface area (Å²) < 4.78 is 10.7. The topological polar surface area (TPSA) is 55.8 Å². The highest BCUT2D eigenvalue weighted by molar-refractivity contribution is 8.04. The Kier molecular flexibility index (Phi) is 5.85. The second kappa shape index (κ2) is 8.55. The van der Waals surface area contributed by atoms with Gasteiger partial charge in [0.05, 0.1) is 30.4 Å². The second-order valence-corrected chi connectivity index (χ2v) is 8.69. The predicted molar refractivity (Wildman–Crippen MR) is 121 cm³/mol. The summed E-state index contributed by atoms with van der Waals surface area (Å²) in [5, 5.41) is 2.48. The molecule has 1 aromatic heterocycles. The number of benzene rings is 2. The Hall–Kier alpha value is -2.74. The third kappa shape index (κ3) is 3.71. The van der Waals surface area contributed by atoms with E-state index in [-0.39, 0.29) is 5.91 Å². The van der Waals surface area contributed by atoms with Crippen molar-refractivity contribution in [3.05, 3.63) is 74.8 Å². The number of carbonyl (C=O) groups excluding carboxylic acids is 2. The Morgan fingerprint density at radius 2 is 1.73 bits per heavy atom. The summed E-state index contributed by atoms with van der Waals surface area (Å²) in [6.07, 6.45) is 0. The summed E-state index contributed by atoms with van der Waals surface area (Å²) in [6, 6.07) is 15.8. The van der Waals surface area contributed by atoms with Crippen LogP contribution in [0.5, 0.6) is 11.5 Å². The number of anilines is 1. The molecule has 2 heterocycles. The monoisotopic (exact) mass is 457 g/mol. The van der Waals surface area contributed by atoms with Crippen LogP contribution in [0.4, 0.5) is 5.69 Å². The molecule has 0 atom stereocenters. The SMILES string of the molecule is COc1ccc(N2C(=O)C(Sc3ccc(Cl)cc3)=C(c3cccs3)C2=O)c(OC)c1. The van der Waals surface area contributed by atoms with Crippen LogP contribution in [0.25, 0.3) is 5.57 Å². The van der Waals surface area contributed by atoms with Crippen LogP contribution in [0.15, 0.2) is 69.8 Å². The zero-order valence-corrected chi connectivity index (χ0v) is 18.4. The Balaban J connectivity index is 1.80. The maximum atomic E-state index is 13.4. The van der Waals surface area contributed by atoms with Gasteiger partial charge in [-0.1, -0.05) is 29.4 Å². The number of amides is 2.